The molecule has 1 aromatic carbocycles. The van der Waals surface area contributed by atoms with Crippen LogP contribution < -0.4 is 5.32 Å². The average molecular weight is 240 g/mol. The number of nitrogens with one attached hydrogen (secondary N) is 1. The third kappa shape index (κ3) is 2.57. The zero-order valence-electron chi connectivity index (χ0n) is 9.96. The molecule has 1 N–H and O–H groups in total. The third-order valence-corrected chi connectivity index (χ3v) is 3.25. The van der Waals surface area contributed by atoms with Crippen molar-refractivity contribution < 1.29 is 4.74 Å². The van der Waals surface area contributed by atoms with Gasteiger partial charge in [-0.05, 0) is 23.1 Å². The minimum absolute atomic E-state index is 0.00138. The van der Waals surface area contributed by atoms with Gasteiger partial charge in [-0.25, -0.2) is 0 Å². The maximum Gasteiger partial charge on any atom is 0.134 e. The molecule has 0 aliphatic carbocycles. The van der Waals surface area contributed by atoms with E-state index in [4.69, 9.17) is 16.3 Å². The molecule has 2 rings (SSSR count). The van der Waals surface area contributed by atoms with E-state index in [9.17, 15) is 0 Å². The highest BCUT2D eigenvalue weighted by molar-refractivity contribution is 6.30. The predicted octanol–water partition coefficient (Wildman–Crippen LogP) is 3.37. The van der Waals surface area contributed by atoms with Crippen molar-refractivity contribution in [1.29, 1.82) is 0 Å². The van der Waals surface area contributed by atoms with Crippen LogP contribution in [0, 0.1) is 5.41 Å². The highest BCUT2D eigenvalue weighted by Gasteiger charge is 2.33. The molecule has 1 aromatic rings. The average Bonchev–Trinajstić information content (AvgIpc) is 2.67. The minimum Gasteiger partial charge on any atom is -0.357 e. The molecule has 1 aliphatic heterocycles. The van der Waals surface area contributed by atoms with Crippen molar-refractivity contribution in [2.24, 2.45) is 5.41 Å². The Morgan fingerprint density at radius 1 is 1.25 bits per heavy atom. The first kappa shape index (κ1) is 11.9. The van der Waals surface area contributed by atoms with Crippen LogP contribution in [0.2, 0.25) is 5.02 Å². The summed E-state index contributed by atoms with van der Waals surface area (Å²) >= 11 is 5.86. The minimum atomic E-state index is 0.00138. The number of benzene rings is 1. The maximum absolute atomic E-state index is 5.86. The first-order valence-corrected chi connectivity index (χ1v) is 5.98. The summed E-state index contributed by atoms with van der Waals surface area (Å²) in [5, 5.41) is 4.26. The molecule has 2 atom stereocenters. The number of hydrogen-bond donors (Lipinski definition) is 1. The second-order valence-corrected chi connectivity index (χ2v) is 5.79. The monoisotopic (exact) mass is 239 g/mol. The summed E-state index contributed by atoms with van der Waals surface area (Å²) in [6, 6.07) is 8.20. The van der Waals surface area contributed by atoms with Gasteiger partial charge in [0.05, 0.1) is 6.61 Å². The van der Waals surface area contributed by atoms with Crippen molar-refractivity contribution in [3.05, 3.63) is 34.9 Å². The molecule has 1 saturated heterocycles. The van der Waals surface area contributed by atoms with Crippen LogP contribution in [0.25, 0.3) is 0 Å². The summed E-state index contributed by atoms with van der Waals surface area (Å²) in [4.78, 5) is 0. The number of halogens is 1. The van der Waals surface area contributed by atoms with Gasteiger partial charge in [-0.2, -0.15) is 0 Å². The Balaban J connectivity index is 2.06. The van der Waals surface area contributed by atoms with E-state index in [1.165, 1.54) is 0 Å². The van der Waals surface area contributed by atoms with Gasteiger partial charge in [0, 0.05) is 11.1 Å². The fraction of sp³-hybridized carbons (Fsp3) is 0.538. The summed E-state index contributed by atoms with van der Waals surface area (Å²) in [6.07, 6.45) is 0.00138. The first-order chi connectivity index (χ1) is 7.47. The van der Waals surface area contributed by atoms with Crippen molar-refractivity contribution in [2.45, 2.75) is 33.0 Å². The highest BCUT2D eigenvalue weighted by atomic mass is 35.5. The van der Waals surface area contributed by atoms with Crippen molar-refractivity contribution in [3.8, 4) is 0 Å². The lowest BCUT2D eigenvalue weighted by Crippen LogP contribution is -2.37. The lowest BCUT2D eigenvalue weighted by atomic mass is 9.88. The van der Waals surface area contributed by atoms with E-state index in [-0.39, 0.29) is 11.6 Å². The van der Waals surface area contributed by atoms with E-state index in [0.717, 1.165) is 17.2 Å². The van der Waals surface area contributed by atoms with Crippen molar-refractivity contribution in [3.63, 3.8) is 0 Å². The molecule has 0 spiro atoms. The van der Waals surface area contributed by atoms with Crippen LogP contribution in [0.1, 0.15) is 32.6 Å². The van der Waals surface area contributed by atoms with Crippen molar-refractivity contribution in [1.82, 2.24) is 5.32 Å². The third-order valence-electron chi connectivity index (χ3n) is 3.00. The van der Waals surface area contributed by atoms with Gasteiger partial charge in [0.15, 0.2) is 0 Å². The largest absolute Gasteiger partial charge is 0.357 e. The summed E-state index contributed by atoms with van der Waals surface area (Å²) in [6.45, 7) is 7.42. The number of ether oxygens (including phenoxy) is 1. The van der Waals surface area contributed by atoms with Crippen molar-refractivity contribution in [2.75, 3.05) is 6.61 Å². The zero-order valence-corrected chi connectivity index (χ0v) is 10.7. The van der Waals surface area contributed by atoms with Gasteiger partial charge in [0.25, 0.3) is 0 Å². The Morgan fingerprint density at radius 3 is 2.38 bits per heavy atom. The second kappa shape index (κ2) is 4.36. The lowest BCUT2D eigenvalue weighted by molar-refractivity contribution is 0.0983. The van der Waals surface area contributed by atoms with Crippen LogP contribution in [-0.2, 0) is 4.74 Å². The molecule has 0 amide bonds. The maximum atomic E-state index is 5.86. The molecular weight excluding hydrogens is 222 g/mol. The standard InChI is InChI=1S/C13H18ClNO/c1-13(2,3)11-8-16-12(15-11)9-4-6-10(14)7-5-9/h4-7,11-12,15H,8H2,1-3H3/t11-,12+/m1/s1. The Kier molecular flexibility index (Phi) is 3.24. The van der Waals surface area contributed by atoms with Crippen LogP contribution in [0.15, 0.2) is 24.3 Å². The van der Waals surface area contributed by atoms with Gasteiger partial charge in [-0.1, -0.05) is 44.5 Å². The summed E-state index contributed by atoms with van der Waals surface area (Å²) in [7, 11) is 0. The van der Waals surface area contributed by atoms with Crippen LogP contribution in [0.3, 0.4) is 0 Å². The molecule has 88 valence electrons. The summed E-state index contributed by atoms with van der Waals surface area (Å²) in [5.74, 6) is 0. The van der Waals surface area contributed by atoms with E-state index < -0.39 is 0 Å². The van der Waals surface area contributed by atoms with Gasteiger partial charge in [-0.15, -0.1) is 0 Å². The van der Waals surface area contributed by atoms with E-state index in [2.05, 4.69) is 26.1 Å². The molecule has 1 fully saturated rings. The first-order valence-electron chi connectivity index (χ1n) is 5.60. The quantitative estimate of drug-likeness (QED) is 0.811. The van der Waals surface area contributed by atoms with E-state index >= 15 is 0 Å². The fourth-order valence-corrected chi connectivity index (χ4v) is 1.93. The molecule has 1 aliphatic rings. The van der Waals surface area contributed by atoms with Crippen LogP contribution in [0.5, 0.6) is 0 Å². The molecule has 3 heteroatoms. The normalized spacial score (nSPS) is 26.0. The summed E-state index contributed by atoms with van der Waals surface area (Å²) in [5.41, 5.74) is 1.36. The van der Waals surface area contributed by atoms with Gasteiger partial charge in [0.2, 0.25) is 0 Å². The van der Waals surface area contributed by atoms with Gasteiger partial charge in [-0.3, -0.25) is 5.32 Å². The Hall–Kier alpha value is -0.570. The SMILES string of the molecule is CC(C)(C)[C@H]1CO[C@@H](c2ccc(Cl)cc2)N1. The Labute approximate surface area is 102 Å². The fourth-order valence-electron chi connectivity index (χ4n) is 1.80. The van der Waals surface area contributed by atoms with Gasteiger partial charge < -0.3 is 4.74 Å². The van der Waals surface area contributed by atoms with E-state index in [1.807, 2.05) is 24.3 Å². The molecule has 0 aromatic heterocycles. The second-order valence-electron chi connectivity index (χ2n) is 5.35. The molecule has 0 unspecified atom stereocenters. The van der Waals surface area contributed by atoms with Gasteiger partial charge >= 0.3 is 0 Å². The zero-order chi connectivity index (χ0) is 11.8. The van der Waals surface area contributed by atoms with Crippen LogP contribution >= 0.6 is 11.6 Å². The molecule has 16 heavy (non-hydrogen) atoms. The van der Waals surface area contributed by atoms with Crippen molar-refractivity contribution >= 4 is 11.6 Å². The molecule has 0 bridgehead atoms. The Morgan fingerprint density at radius 2 is 1.88 bits per heavy atom. The Bertz CT molecular complexity index is 355. The topological polar surface area (TPSA) is 21.3 Å². The smallest absolute Gasteiger partial charge is 0.134 e. The molecule has 1 heterocycles. The summed E-state index contributed by atoms with van der Waals surface area (Å²) < 4.78 is 5.76. The van der Waals surface area contributed by atoms with E-state index in [0.29, 0.717) is 6.04 Å². The molecule has 0 saturated carbocycles. The molecule has 0 radical (unpaired) electrons. The van der Waals surface area contributed by atoms with Crippen LogP contribution in [-0.4, -0.2) is 12.6 Å². The number of rotatable bonds is 1. The number of hydrogen-bond acceptors (Lipinski definition) is 2. The van der Waals surface area contributed by atoms with E-state index in [1.54, 1.807) is 0 Å². The molecular formula is C13H18ClNO. The predicted molar refractivity (Wildman–Crippen MR) is 66.5 cm³/mol. The highest BCUT2D eigenvalue weighted by Crippen LogP contribution is 2.29. The molecule has 2 nitrogen and oxygen atoms in total. The lowest BCUT2D eigenvalue weighted by Gasteiger charge is -2.26. The van der Waals surface area contributed by atoms with Gasteiger partial charge in [0.1, 0.15) is 6.23 Å². The van der Waals surface area contributed by atoms with Crippen LogP contribution in [0.4, 0.5) is 0 Å².